The number of amides is 1. The fourth-order valence-electron chi connectivity index (χ4n) is 1.97. The van der Waals surface area contributed by atoms with E-state index in [-0.39, 0.29) is 6.04 Å². The second-order valence-corrected chi connectivity index (χ2v) is 4.63. The first-order chi connectivity index (χ1) is 9.38. The van der Waals surface area contributed by atoms with Crippen LogP contribution in [0.4, 0.5) is 0 Å². The van der Waals surface area contributed by atoms with Crippen LogP contribution in [0.25, 0.3) is 0 Å². The van der Waals surface area contributed by atoms with Crippen molar-refractivity contribution < 1.29 is 4.79 Å². The van der Waals surface area contributed by atoms with Gasteiger partial charge in [0.05, 0.1) is 6.04 Å². The van der Waals surface area contributed by atoms with Gasteiger partial charge in [-0.1, -0.05) is 56.5 Å². The van der Waals surface area contributed by atoms with Gasteiger partial charge in [0.25, 0.3) is 0 Å². The summed E-state index contributed by atoms with van der Waals surface area (Å²) in [6.45, 7) is 3.10. The highest BCUT2D eigenvalue weighted by Crippen LogP contribution is 2.14. The molecule has 1 aromatic carbocycles. The highest BCUT2D eigenvalue weighted by atomic mass is 16.1. The maximum absolute atomic E-state index is 10.6. The average Bonchev–Trinajstić information content (AvgIpc) is 2.46. The van der Waals surface area contributed by atoms with Gasteiger partial charge in [0.1, 0.15) is 0 Å². The van der Waals surface area contributed by atoms with Gasteiger partial charge in [-0.25, -0.2) is 0 Å². The summed E-state index contributed by atoms with van der Waals surface area (Å²) >= 11 is 0. The molecule has 0 saturated heterocycles. The molecule has 3 heteroatoms. The fourth-order valence-corrected chi connectivity index (χ4v) is 1.97. The van der Waals surface area contributed by atoms with Gasteiger partial charge in [0, 0.05) is 19.2 Å². The van der Waals surface area contributed by atoms with E-state index >= 15 is 0 Å². The van der Waals surface area contributed by atoms with Crippen molar-refractivity contribution in [1.82, 2.24) is 5.32 Å². The van der Waals surface area contributed by atoms with Crippen molar-refractivity contribution in [2.24, 2.45) is 4.99 Å². The molecular formula is C16H24N2O. The lowest BCUT2D eigenvalue weighted by Gasteiger charge is -2.13. The molecule has 0 bridgehead atoms. The van der Waals surface area contributed by atoms with Crippen LogP contribution >= 0.6 is 0 Å². The Bertz CT molecular complexity index is 362. The normalized spacial score (nSPS) is 12.5. The maximum atomic E-state index is 10.6. The van der Waals surface area contributed by atoms with Gasteiger partial charge in [-0.05, 0) is 12.0 Å². The summed E-state index contributed by atoms with van der Waals surface area (Å²) in [5.41, 5.74) is 1.12. The van der Waals surface area contributed by atoms with Crippen molar-refractivity contribution in [1.29, 1.82) is 0 Å². The van der Waals surface area contributed by atoms with Crippen LogP contribution in [-0.2, 0) is 4.79 Å². The number of hydrogen-bond acceptors (Lipinski definition) is 2. The minimum Gasteiger partial charge on any atom is -0.352 e. The van der Waals surface area contributed by atoms with Gasteiger partial charge in [0.2, 0.25) is 6.41 Å². The monoisotopic (exact) mass is 260 g/mol. The minimum absolute atomic E-state index is 0.0260. The Labute approximate surface area is 116 Å². The average molecular weight is 260 g/mol. The molecule has 104 valence electrons. The fraction of sp³-hybridized carbons (Fsp3) is 0.500. The zero-order chi connectivity index (χ0) is 13.8. The molecule has 1 amide bonds. The summed E-state index contributed by atoms with van der Waals surface area (Å²) < 4.78 is 0. The first-order valence-electron chi connectivity index (χ1n) is 7.11. The number of nitrogens with one attached hydrogen (secondary N) is 1. The van der Waals surface area contributed by atoms with E-state index in [4.69, 9.17) is 0 Å². The molecule has 0 aliphatic heterocycles. The molecule has 0 aromatic heterocycles. The van der Waals surface area contributed by atoms with Crippen LogP contribution in [0.1, 0.15) is 50.6 Å². The zero-order valence-corrected chi connectivity index (χ0v) is 11.7. The molecule has 1 aromatic rings. The van der Waals surface area contributed by atoms with Gasteiger partial charge in [0.15, 0.2) is 0 Å². The second kappa shape index (κ2) is 10.3. The number of carbonyl (C=O) groups excluding carboxylic acids is 1. The van der Waals surface area contributed by atoms with Crippen molar-refractivity contribution in [3.8, 4) is 0 Å². The molecule has 0 saturated carbocycles. The van der Waals surface area contributed by atoms with Crippen LogP contribution in [0, 0.1) is 0 Å². The molecule has 0 aliphatic rings. The van der Waals surface area contributed by atoms with Gasteiger partial charge < -0.3 is 5.32 Å². The quantitative estimate of drug-likeness (QED) is 0.390. The van der Waals surface area contributed by atoms with E-state index in [1.54, 1.807) is 0 Å². The molecule has 0 spiro atoms. The number of nitrogens with zero attached hydrogens (tertiary/aromatic N) is 1. The summed E-state index contributed by atoms with van der Waals surface area (Å²) in [6, 6.07) is 10.0. The smallest absolute Gasteiger partial charge is 0.207 e. The summed E-state index contributed by atoms with van der Waals surface area (Å²) in [5, 5.41) is 2.84. The van der Waals surface area contributed by atoms with Crippen LogP contribution in [0.3, 0.4) is 0 Å². The lowest BCUT2D eigenvalue weighted by atomic mass is 10.0. The molecule has 1 atom stereocenters. The first kappa shape index (κ1) is 15.4. The molecule has 0 radical (unpaired) electrons. The van der Waals surface area contributed by atoms with E-state index in [9.17, 15) is 4.79 Å². The highest BCUT2D eigenvalue weighted by Gasteiger charge is 2.07. The Balaban J connectivity index is 2.34. The van der Waals surface area contributed by atoms with Crippen molar-refractivity contribution in [3.05, 3.63) is 35.9 Å². The van der Waals surface area contributed by atoms with E-state index in [1.807, 2.05) is 36.5 Å². The van der Waals surface area contributed by atoms with Crippen LogP contribution < -0.4 is 5.32 Å². The third-order valence-corrected chi connectivity index (χ3v) is 3.08. The molecule has 3 nitrogen and oxygen atoms in total. The number of benzene rings is 1. The van der Waals surface area contributed by atoms with E-state index in [1.165, 1.54) is 19.3 Å². The van der Waals surface area contributed by atoms with Crippen LogP contribution in [-0.4, -0.2) is 19.2 Å². The molecule has 1 rings (SSSR count). The van der Waals surface area contributed by atoms with Gasteiger partial charge in [-0.2, -0.15) is 0 Å². The standard InChI is InChI=1S/C16H24N2O/c1-2-3-4-8-12-17-13-11-16(18-14-19)15-9-6-5-7-10-15/h5-7,9-10,13-14,16H,2-4,8,11-12H2,1H3,(H,18,19). The van der Waals surface area contributed by atoms with E-state index in [2.05, 4.69) is 17.2 Å². The van der Waals surface area contributed by atoms with Crippen molar-refractivity contribution >= 4 is 12.6 Å². The van der Waals surface area contributed by atoms with Gasteiger partial charge in [-0.3, -0.25) is 9.79 Å². The third-order valence-electron chi connectivity index (χ3n) is 3.08. The Morgan fingerprint density at radius 2 is 2.00 bits per heavy atom. The number of hydrogen-bond donors (Lipinski definition) is 1. The molecule has 0 aliphatic carbocycles. The second-order valence-electron chi connectivity index (χ2n) is 4.63. The Morgan fingerprint density at radius 3 is 2.68 bits per heavy atom. The first-order valence-corrected chi connectivity index (χ1v) is 7.11. The largest absolute Gasteiger partial charge is 0.352 e. The number of rotatable bonds is 10. The summed E-state index contributed by atoms with van der Waals surface area (Å²) in [6.07, 6.45) is 8.38. The van der Waals surface area contributed by atoms with E-state index in [0.717, 1.165) is 31.4 Å². The predicted octanol–water partition coefficient (Wildman–Crippen LogP) is 3.51. The molecule has 0 heterocycles. The number of aliphatic imine (C=N–C) groups is 1. The van der Waals surface area contributed by atoms with Crippen molar-refractivity contribution in [2.75, 3.05) is 6.54 Å². The van der Waals surface area contributed by atoms with E-state index < -0.39 is 0 Å². The van der Waals surface area contributed by atoms with Gasteiger partial charge >= 0.3 is 0 Å². The summed E-state index contributed by atoms with van der Waals surface area (Å²) in [7, 11) is 0. The predicted molar refractivity (Wildman–Crippen MR) is 80.5 cm³/mol. The highest BCUT2D eigenvalue weighted by molar-refractivity contribution is 5.60. The summed E-state index contributed by atoms with van der Waals surface area (Å²) in [5.74, 6) is 0. The lowest BCUT2D eigenvalue weighted by molar-refractivity contribution is -0.110. The number of carbonyl (C=O) groups is 1. The molecule has 1 N–H and O–H groups in total. The zero-order valence-electron chi connectivity index (χ0n) is 11.7. The maximum Gasteiger partial charge on any atom is 0.207 e. The minimum atomic E-state index is 0.0260. The van der Waals surface area contributed by atoms with Crippen LogP contribution in [0.2, 0.25) is 0 Å². The Hall–Kier alpha value is -1.64. The van der Waals surface area contributed by atoms with Gasteiger partial charge in [-0.15, -0.1) is 0 Å². The molecule has 19 heavy (non-hydrogen) atoms. The lowest BCUT2D eigenvalue weighted by Crippen LogP contribution is -2.19. The van der Waals surface area contributed by atoms with Crippen molar-refractivity contribution in [3.63, 3.8) is 0 Å². The summed E-state index contributed by atoms with van der Waals surface area (Å²) in [4.78, 5) is 15.0. The van der Waals surface area contributed by atoms with E-state index in [0.29, 0.717) is 0 Å². The topological polar surface area (TPSA) is 41.5 Å². The van der Waals surface area contributed by atoms with Crippen LogP contribution in [0.15, 0.2) is 35.3 Å². The SMILES string of the molecule is CCCCCCN=CCC(NC=O)c1ccccc1. The Morgan fingerprint density at radius 1 is 1.21 bits per heavy atom. The van der Waals surface area contributed by atoms with Crippen molar-refractivity contribution in [2.45, 2.75) is 45.1 Å². The Kier molecular flexibility index (Phi) is 8.36. The molecular weight excluding hydrogens is 236 g/mol. The molecule has 1 unspecified atom stereocenters. The molecule has 0 fully saturated rings. The number of unbranched alkanes of at least 4 members (excludes halogenated alkanes) is 3. The van der Waals surface area contributed by atoms with Crippen LogP contribution in [0.5, 0.6) is 0 Å². The third kappa shape index (κ3) is 6.75.